The molecule has 0 spiro atoms. The topological polar surface area (TPSA) is 135 Å². The molecule has 3 fully saturated rings. The van der Waals surface area contributed by atoms with Crippen molar-refractivity contribution < 1.29 is 51.6 Å². The summed E-state index contributed by atoms with van der Waals surface area (Å²) in [5.74, 6) is 3.07. The Bertz CT molecular complexity index is 1650. The first-order valence-corrected chi connectivity index (χ1v) is 30.9. The highest BCUT2D eigenvalue weighted by atomic mass is 31.2. The number of allylic oxidation sites excluding steroid dienone is 1. The van der Waals surface area contributed by atoms with Crippen molar-refractivity contribution in [1.82, 2.24) is 0 Å². The van der Waals surface area contributed by atoms with Crippen LogP contribution < -0.4 is 0 Å². The maximum absolute atomic E-state index is 13.2. The van der Waals surface area contributed by atoms with Crippen LogP contribution in [0.25, 0.3) is 0 Å². The molecule has 412 valence electrons. The van der Waals surface area contributed by atoms with Crippen molar-refractivity contribution in [2.75, 3.05) is 47.5 Å². The highest BCUT2D eigenvalue weighted by molar-refractivity contribution is 7.47. The van der Waals surface area contributed by atoms with E-state index in [4.69, 9.17) is 23.3 Å². The van der Waals surface area contributed by atoms with E-state index >= 15 is 0 Å². The number of quaternary nitrogens is 1. The first kappa shape index (κ1) is 61.8. The number of esters is 3. The monoisotopic (exact) mass is 1020 g/mol. The van der Waals surface area contributed by atoms with Crippen LogP contribution in [0.1, 0.15) is 241 Å². The number of carbonyl (C=O) groups excluding carboxylic acids is 3. The van der Waals surface area contributed by atoms with E-state index in [1.165, 1.54) is 134 Å². The van der Waals surface area contributed by atoms with E-state index < -0.39 is 38.4 Å². The molecule has 0 aliphatic heterocycles. The number of ether oxygens (including phenoxy) is 3. The van der Waals surface area contributed by atoms with Crippen molar-refractivity contribution in [2.24, 2.45) is 46.3 Å². The fraction of sp³-hybridized carbons (Fsp3) is 0.915. The number of hydrogen-bond donors (Lipinski definition) is 1. The highest BCUT2D eigenvalue weighted by Gasteiger charge is 2.59. The quantitative estimate of drug-likeness (QED) is 0.0160. The van der Waals surface area contributed by atoms with Crippen LogP contribution in [0, 0.1) is 46.3 Å². The van der Waals surface area contributed by atoms with Crippen molar-refractivity contribution in [3.8, 4) is 0 Å². The molecule has 0 aromatic carbocycles. The lowest BCUT2D eigenvalue weighted by Gasteiger charge is -2.58. The number of hydrogen-bond acceptors (Lipinski definition) is 9. The summed E-state index contributed by atoms with van der Waals surface area (Å²) in [4.78, 5) is 49.4. The molecule has 0 saturated heterocycles. The number of likely N-dealkylation sites (N-methyl/N-ethyl adjacent to an activating group) is 1. The second kappa shape index (κ2) is 31.3. The molecule has 12 heteroatoms. The molecule has 0 radical (unpaired) electrons. The predicted molar refractivity (Wildman–Crippen MR) is 286 cm³/mol. The van der Waals surface area contributed by atoms with Gasteiger partial charge in [0, 0.05) is 12.8 Å². The van der Waals surface area contributed by atoms with Gasteiger partial charge in [-0.3, -0.25) is 23.4 Å². The van der Waals surface area contributed by atoms with Gasteiger partial charge < -0.3 is 23.6 Å². The summed E-state index contributed by atoms with van der Waals surface area (Å²) in [6.45, 7) is 14.2. The maximum Gasteiger partial charge on any atom is 0.472 e. The Kier molecular flexibility index (Phi) is 27.2. The van der Waals surface area contributed by atoms with Crippen LogP contribution in [0.2, 0.25) is 0 Å². The molecule has 0 heterocycles. The molecule has 3 unspecified atom stereocenters. The molecular weight excluding hydrogens is 914 g/mol. The van der Waals surface area contributed by atoms with Crippen LogP contribution in [-0.2, 0) is 42.2 Å². The third kappa shape index (κ3) is 21.8. The fourth-order valence-corrected chi connectivity index (χ4v) is 14.2. The summed E-state index contributed by atoms with van der Waals surface area (Å²) < 4.78 is 40.7. The number of phosphoric ester groups is 1. The standard InChI is InChI=1S/C59H106NO10P/c1-10-11-12-13-14-15-16-17-18-19-20-21-22-23-24-25-26-30-56(62)70-50(45-68-71(64,65)67-42-41-60(7,8)9)44-66-55(61)35-36-57(63)69-49-37-39-58(5)48(43-49)31-32-51-53-34-33-52(47(4)29-27-28-46(2)3)59(53,6)40-38-54(51)58/h31,46-47,49-54H,10-30,32-45H2,1-9H3/p+1/t47-,49?,50?,51+,52-,53+,54+,58+,59-/m0/s1. The molecule has 0 amide bonds. The number of phosphoric acid groups is 1. The molecule has 11 nitrogen and oxygen atoms in total. The highest BCUT2D eigenvalue weighted by Crippen LogP contribution is 2.67. The average molecular weight is 1020 g/mol. The molecule has 71 heavy (non-hydrogen) atoms. The van der Waals surface area contributed by atoms with E-state index in [1.807, 2.05) is 21.1 Å². The van der Waals surface area contributed by atoms with Crippen LogP contribution in [0.4, 0.5) is 0 Å². The van der Waals surface area contributed by atoms with Crippen LogP contribution in [0.15, 0.2) is 11.6 Å². The van der Waals surface area contributed by atoms with Gasteiger partial charge in [0.05, 0.1) is 40.6 Å². The molecular formula is C59H107NO10P+. The van der Waals surface area contributed by atoms with E-state index in [2.05, 4.69) is 47.6 Å². The second-order valence-electron chi connectivity index (χ2n) is 25.0. The Hall–Kier alpha value is -1.78. The van der Waals surface area contributed by atoms with E-state index in [-0.39, 0.29) is 44.0 Å². The lowest BCUT2D eigenvalue weighted by Crippen LogP contribution is -2.51. The summed E-state index contributed by atoms with van der Waals surface area (Å²) in [5, 5.41) is 0. The number of fused-ring (bicyclic) bond motifs is 5. The maximum atomic E-state index is 13.2. The van der Waals surface area contributed by atoms with Gasteiger partial charge in [0.25, 0.3) is 0 Å². The zero-order valence-corrected chi connectivity index (χ0v) is 47.9. The van der Waals surface area contributed by atoms with Gasteiger partial charge in [0.1, 0.15) is 25.9 Å². The predicted octanol–water partition coefficient (Wildman–Crippen LogP) is 15.1. The third-order valence-electron chi connectivity index (χ3n) is 17.7. The number of rotatable bonds is 37. The Labute approximate surface area is 434 Å². The minimum Gasteiger partial charge on any atom is -0.462 e. The SMILES string of the molecule is CCCCCCCCCCCCCCCCCCCC(=O)OC(COC(=O)CCC(=O)OC1CC[C@]2(C)C(=CC[C@@H]3[C@H]4CC[C@@H]([C@@H](C)CCCC(C)C)[C@]4(C)CC[C@H]32)C1)COP(=O)(O)OCC[N+](C)(C)C. The van der Waals surface area contributed by atoms with Crippen molar-refractivity contribution in [1.29, 1.82) is 0 Å². The van der Waals surface area contributed by atoms with E-state index in [1.54, 1.807) is 0 Å². The third-order valence-corrected chi connectivity index (χ3v) is 18.7. The molecule has 3 saturated carbocycles. The largest absolute Gasteiger partial charge is 0.472 e. The smallest absolute Gasteiger partial charge is 0.462 e. The summed E-state index contributed by atoms with van der Waals surface area (Å²) in [6.07, 6.45) is 35.4. The average Bonchev–Trinajstić information content (AvgIpc) is 3.67. The summed E-state index contributed by atoms with van der Waals surface area (Å²) >= 11 is 0. The Morgan fingerprint density at radius 1 is 0.704 bits per heavy atom. The molecule has 4 rings (SSSR count). The Balaban J connectivity index is 1.16. The lowest BCUT2D eigenvalue weighted by molar-refractivity contribution is -0.870. The van der Waals surface area contributed by atoms with E-state index in [0.29, 0.717) is 28.8 Å². The van der Waals surface area contributed by atoms with Gasteiger partial charge in [0.2, 0.25) is 0 Å². The van der Waals surface area contributed by atoms with Crippen LogP contribution in [-0.4, -0.2) is 87.0 Å². The van der Waals surface area contributed by atoms with Crippen molar-refractivity contribution >= 4 is 25.7 Å². The van der Waals surface area contributed by atoms with Crippen LogP contribution in [0.5, 0.6) is 0 Å². The minimum atomic E-state index is -4.47. The Morgan fingerprint density at radius 3 is 1.92 bits per heavy atom. The molecule has 4 aliphatic rings. The molecule has 10 atom stereocenters. The van der Waals surface area contributed by atoms with Crippen LogP contribution >= 0.6 is 7.82 Å². The molecule has 0 aromatic rings. The number of unbranched alkanes of at least 4 members (excludes halogenated alkanes) is 16. The van der Waals surface area contributed by atoms with E-state index in [0.717, 1.165) is 74.5 Å². The van der Waals surface area contributed by atoms with E-state index in [9.17, 15) is 23.8 Å². The molecule has 4 aliphatic carbocycles. The van der Waals surface area contributed by atoms with Gasteiger partial charge in [-0.05, 0) is 97.7 Å². The zero-order chi connectivity index (χ0) is 51.9. The lowest BCUT2D eigenvalue weighted by atomic mass is 9.47. The molecule has 1 N–H and O–H groups in total. The normalized spacial score (nSPS) is 26.9. The van der Waals surface area contributed by atoms with Gasteiger partial charge >= 0.3 is 25.7 Å². The van der Waals surface area contributed by atoms with Crippen molar-refractivity contribution in [3.63, 3.8) is 0 Å². The zero-order valence-electron chi connectivity index (χ0n) is 47.0. The minimum absolute atomic E-state index is 0.0103. The van der Waals surface area contributed by atoms with Gasteiger partial charge in [-0.2, -0.15) is 0 Å². The van der Waals surface area contributed by atoms with Gasteiger partial charge in [-0.25, -0.2) is 4.57 Å². The first-order valence-electron chi connectivity index (χ1n) is 29.4. The van der Waals surface area contributed by atoms with Crippen LogP contribution in [0.3, 0.4) is 0 Å². The fourth-order valence-electron chi connectivity index (χ4n) is 13.5. The number of carbonyl (C=O) groups is 3. The summed E-state index contributed by atoms with van der Waals surface area (Å²) in [5.41, 5.74) is 2.05. The van der Waals surface area contributed by atoms with Gasteiger partial charge in [-0.15, -0.1) is 0 Å². The number of nitrogens with zero attached hydrogens (tertiary/aromatic N) is 1. The molecule has 0 bridgehead atoms. The first-order chi connectivity index (χ1) is 33.8. The summed E-state index contributed by atoms with van der Waals surface area (Å²) in [6, 6.07) is 0. The van der Waals surface area contributed by atoms with Gasteiger partial charge in [-0.1, -0.05) is 175 Å². The summed E-state index contributed by atoms with van der Waals surface area (Å²) in [7, 11) is 1.34. The Morgan fingerprint density at radius 2 is 1.31 bits per heavy atom. The second-order valence-corrected chi connectivity index (χ2v) is 26.4. The van der Waals surface area contributed by atoms with Crippen molar-refractivity contribution in [3.05, 3.63) is 11.6 Å². The van der Waals surface area contributed by atoms with Gasteiger partial charge in [0.15, 0.2) is 6.10 Å². The van der Waals surface area contributed by atoms with Crippen molar-refractivity contribution in [2.45, 2.75) is 253 Å². The molecule has 0 aromatic heterocycles.